The first-order valence-corrected chi connectivity index (χ1v) is 5.71. The van der Waals surface area contributed by atoms with Crippen molar-refractivity contribution in [1.29, 1.82) is 0 Å². The third-order valence-corrected chi connectivity index (χ3v) is 3.36. The summed E-state index contributed by atoms with van der Waals surface area (Å²) >= 11 is 0. The molecule has 18 heavy (non-hydrogen) atoms. The minimum absolute atomic E-state index is 0.0424. The lowest BCUT2D eigenvalue weighted by Gasteiger charge is -2.17. The maximum absolute atomic E-state index is 11.0. The Morgan fingerprint density at radius 3 is 2.44 bits per heavy atom. The smallest absolute Gasteiger partial charge is 0.308 e. The summed E-state index contributed by atoms with van der Waals surface area (Å²) in [4.78, 5) is 23.1. The van der Waals surface area contributed by atoms with Crippen molar-refractivity contribution in [2.45, 2.75) is 6.92 Å². The molecule has 1 N–H and O–H groups in total. The summed E-state index contributed by atoms with van der Waals surface area (Å²) in [5.41, 5.74) is 0.872. The topological polar surface area (TPSA) is 83.7 Å². The van der Waals surface area contributed by atoms with Crippen LogP contribution in [0.5, 0.6) is 0 Å². The number of carbonyl (C=O) groups is 1. The first-order valence-electron chi connectivity index (χ1n) is 5.71. The van der Waals surface area contributed by atoms with Gasteiger partial charge >= 0.3 is 5.97 Å². The number of nitro benzene ring substituents is 1. The Balaban J connectivity index is 2.14. The van der Waals surface area contributed by atoms with Gasteiger partial charge in [0.25, 0.3) is 5.69 Å². The van der Waals surface area contributed by atoms with E-state index in [1.807, 2.05) is 11.8 Å². The van der Waals surface area contributed by atoms with Gasteiger partial charge in [0, 0.05) is 30.9 Å². The largest absolute Gasteiger partial charge is 0.481 e. The molecule has 0 aliphatic carbocycles. The van der Waals surface area contributed by atoms with Crippen LogP contribution in [0, 0.1) is 22.0 Å². The normalized spacial score (nSPS) is 23.1. The van der Waals surface area contributed by atoms with Gasteiger partial charge in [-0.25, -0.2) is 0 Å². The maximum atomic E-state index is 11.0. The van der Waals surface area contributed by atoms with Gasteiger partial charge < -0.3 is 10.0 Å². The molecule has 2 atom stereocenters. The van der Waals surface area contributed by atoms with Crippen LogP contribution in [-0.2, 0) is 4.79 Å². The summed E-state index contributed by atoms with van der Waals surface area (Å²) in [7, 11) is 0. The standard InChI is InChI=1S/C12H14N2O4/c1-8-6-13(7-11(8)12(15)16)9-2-4-10(5-3-9)14(17)18/h2-5,8,11H,6-7H2,1H3,(H,15,16). The van der Waals surface area contributed by atoms with Gasteiger partial charge in [-0.1, -0.05) is 6.92 Å². The molecule has 1 fully saturated rings. The van der Waals surface area contributed by atoms with Crippen molar-refractivity contribution in [2.75, 3.05) is 18.0 Å². The van der Waals surface area contributed by atoms with E-state index in [0.717, 1.165) is 5.69 Å². The number of anilines is 1. The Labute approximate surface area is 104 Å². The van der Waals surface area contributed by atoms with Gasteiger partial charge in [0.15, 0.2) is 0 Å². The maximum Gasteiger partial charge on any atom is 0.308 e. The molecule has 1 saturated heterocycles. The number of nitro groups is 1. The SMILES string of the molecule is CC1CN(c2ccc([N+](=O)[O-])cc2)CC1C(=O)O. The van der Waals surface area contributed by atoms with Crippen LogP contribution < -0.4 is 4.90 Å². The van der Waals surface area contributed by atoms with Gasteiger partial charge in [0.2, 0.25) is 0 Å². The molecular formula is C12H14N2O4. The minimum Gasteiger partial charge on any atom is -0.481 e. The highest BCUT2D eigenvalue weighted by Crippen LogP contribution is 2.29. The van der Waals surface area contributed by atoms with E-state index in [4.69, 9.17) is 5.11 Å². The lowest BCUT2D eigenvalue weighted by molar-refractivity contribution is -0.384. The van der Waals surface area contributed by atoms with Crippen molar-refractivity contribution < 1.29 is 14.8 Å². The van der Waals surface area contributed by atoms with Crippen molar-refractivity contribution in [3.05, 3.63) is 34.4 Å². The van der Waals surface area contributed by atoms with Crippen molar-refractivity contribution in [3.8, 4) is 0 Å². The van der Waals surface area contributed by atoms with Gasteiger partial charge in [-0.2, -0.15) is 0 Å². The summed E-state index contributed by atoms with van der Waals surface area (Å²) in [5, 5.41) is 19.6. The van der Waals surface area contributed by atoms with Crippen molar-refractivity contribution in [2.24, 2.45) is 11.8 Å². The van der Waals surface area contributed by atoms with E-state index in [0.29, 0.717) is 13.1 Å². The zero-order chi connectivity index (χ0) is 13.3. The van der Waals surface area contributed by atoms with Gasteiger partial charge in [0.1, 0.15) is 0 Å². The molecule has 1 heterocycles. The number of carboxylic acid groups (broad SMARTS) is 1. The Morgan fingerprint density at radius 1 is 1.39 bits per heavy atom. The summed E-state index contributed by atoms with van der Waals surface area (Å²) in [5.74, 6) is -1.08. The molecule has 0 saturated carbocycles. The molecule has 0 aromatic heterocycles. The van der Waals surface area contributed by atoms with Gasteiger partial charge in [0.05, 0.1) is 10.8 Å². The number of nitrogens with zero attached hydrogens (tertiary/aromatic N) is 2. The summed E-state index contributed by atoms with van der Waals surface area (Å²) < 4.78 is 0. The van der Waals surface area contributed by atoms with E-state index in [2.05, 4.69) is 0 Å². The Hall–Kier alpha value is -2.11. The number of rotatable bonds is 3. The third-order valence-electron chi connectivity index (χ3n) is 3.36. The highest BCUT2D eigenvalue weighted by Gasteiger charge is 2.34. The molecule has 6 heteroatoms. The van der Waals surface area contributed by atoms with Crippen molar-refractivity contribution in [3.63, 3.8) is 0 Å². The fraction of sp³-hybridized carbons (Fsp3) is 0.417. The summed E-state index contributed by atoms with van der Waals surface area (Å²) in [6.45, 7) is 3.02. The van der Waals surface area contributed by atoms with E-state index in [9.17, 15) is 14.9 Å². The lowest BCUT2D eigenvalue weighted by atomic mass is 9.99. The quantitative estimate of drug-likeness (QED) is 0.652. The predicted molar refractivity (Wildman–Crippen MR) is 65.6 cm³/mol. The fourth-order valence-electron chi connectivity index (χ4n) is 2.28. The van der Waals surface area contributed by atoms with Crippen LogP contribution in [0.3, 0.4) is 0 Å². The van der Waals surface area contributed by atoms with Gasteiger partial charge in [-0.05, 0) is 18.1 Å². The minimum atomic E-state index is -0.785. The monoisotopic (exact) mass is 250 g/mol. The van der Waals surface area contributed by atoms with Crippen LogP contribution in [0.15, 0.2) is 24.3 Å². The molecule has 96 valence electrons. The molecule has 1 aromatic carbocycles. The average molecular weight is 250 g/mol. The van der Waals surface area contributed by atoms with Gasteiger partial charge in [-0.15, -0.1) is 0 Å². The van der Waals surface area contributed by atoms with E-state index >= 15 is 0 Å². The number of aliphatic carboxylic acids is 1. The molecule has 1 aliphatic rings. The van der Waals surface area contributed by atoms with E-state index in [1.165, 1.54) is 12.1 Å². The van der Waals surface area contributed by atoms with Gasteiger partial charge in [-0.3, -0.25) is 14.9 Å². The average Bonchev–Trinajstić information content (AvgIpc) is 2.71. The molecule has 2 rings (SSSR count). The number of hydrogen-bond donors (Lipinski definition) is 1. The van der Waals surface area contributed by atoms with Crippen molar-refractivity contribution >= 4 is 17.3 Å². The van der Waals surface area contributed by atoms with Crippen LogP contribution in [0.1, 0.15) is 6.92 Å². The molecule has 2 unspecified atom stereocenters. The summed E-state index contributed by atoms with van der Waals surface area (Å²) in [6.07, 6.45) is 0. The number of carboxylic acids is 1. The summed E-state index contributed by atoms with van der Waals surface area (Å²) in [6, 6.07) is 6.20. The molecule has 1 aliphatic heterocycles. The van der Waals surface area contributed by atoms with E-state index in [1.54, 1.807) is 12.1 Å². The van der Waals surface area contributed by atoms with E-state index < -0.39 is 10.9 Å². The van der Waals surface area contributed by atoms with Crippen LogP contribution >= 0.6 is 0 Å². The van der Waals surface area contributed by atoms with E-state index in [-0.39, 0.29) is 17.5 Å². The highest BCUT2D eigenvalue weighted by atomic mass is 16.6. The number of benzene rings is 1. The zero-order valence-electron chi connectivity index (χ0n) is 9.94. The molecular weight excluding hydrogens is 236 g/mol. The second-order valence-corrected chi connectivity index (χ2v) is 4.60. The van der Waals surface area contributed by atoms with Crippen LogP contribution in [-0.4, -0.2) is 29.1 Å². The number of non-ortho nitro benzene ring substituents is 1. The Morgan fingerprint density at radius 2 is 2.00 bits per heavy atom. The molecule has 0 bridgehead atoms. The first kappa shape index (κ1) is 12.3. The Kier molecular flexibility index (Phi) is 3.18. The second kappa shape index (κ2) is 4.64. The predicted octanol–water partition coefficient (Wildman–Crippen LogP) is 1.75. The number of hydrogen-bond acceptors (Lipinski definition) is 4. The van der Waals surface area contributed by atoms with Crippen LogP contribution in [0.25, 0.3) is 0 Å². The Bertz CT molecular complexity index is 471. The molecule has 0 amide bonds. The molecule has 0 radical (unpaired) electrons. The second-order valence-electron chi connectivity index (χ2n) is 4.60. The molecule has 1 aromatic rings. The third kappa shape index (κ3) is 2.27. The highest BCUT2D eigenvalue weighted by molar-refractivity contribution is 5.72. The lowest BCUT2D eigenvalue weighted by Crippen LogP contribution is -2.22. The van der Waals surface area contributed by atoms with Crippen LogP contribution in [0.4, 0.5) is 11.4 Å². The zero-order valence-corrected chi connectivity index (χ0v) is 9.94. The fourth-order valence-corrected chi connectivity index (χ4v) is 2.28. The van der Waals surface area contributed by atoms with Crippen molar-refractivity contribution in [1.82, 2.24) is 0 Å². The first-order chi connectivity index (χ1) is 8.49. The van der Waals surface area contributed by atoms with Crippen LogP contribution in [0.2, 0.25) is 0 Å². The molecule has 0 spiro atoms. The molecule has 6 nitrogen and oxygen atoms in total.